The maximum Gasteiger partial charge on any atom is 0.251 e. The Morgan fingerprint density at radius 3 is 2.69 bits per heavy atom. The normalized spacial score (nSPS) is 15.5. The predicted octanol–water partition coefficient (Wildman–Crippen LogP) is 4.37. The van der Waals surface area contributed by atoms with Gasteiger partial charge in [0.25, 0.3) is 5.91 Å². The van der Waals surface area contributed by atoms with Gasteiger partial charge in [0.05, 0.1) is 19.9 Å². The molecule has 0 radical (unpaired) electrons. The number of allylic oxidation sites excluding steroid dienone is 1. The first-order valence-corrected chi connectivity index (χ1v) is 10.5. The number of amides is 1. The first kappa shape index (κ1) is 21.4. The van der Waals surface area contributed by atoms with Crippen LogP contribution in [0.4, 0.5) is 0 Å². The average molecular weight is 431 g/mol. The van der Waals surface area contributed by atoms with Crippen molar-refractivity contribution in [1.82, 2.24) is 10.6 Å². The summed E-state index contributed by atoms with van der Waals surface area (Å²) in [6.45, 7) is 4.48. The molecule has 0 aliphatic carbocycles. The zero-order valence-electron chi connectivity index (χ0n) is 18.4. The van der Waals surface area contributed by atoms with Gasteiger partial charge >= 0.3 is 0 Å². The highest BCUT2D eigenvalue weighted by Crippen LogP contribution is 2.32. The number of fused-ring (bicyclic) bond motifs is 1. The largest absolute Gasteiger partial charge is 0.497 e. The topological polar surface area (TPSA) is 80.6 Å². The highest BCUT2D eigenvalue weighted by atomic mass is 16.5. The first-order chi connectivity index (χ1) is 15.3. The summed E-state index contributed by atoms with van der Waals surface area (Å²) in [5, 5.41) is 6.27. The Kier molecular flexibility index (Phi) is 5.86. The van der Waals surface area contributed by atoms with E-state index < -0.39 is 0 Å². The van der Waals surface area contributed by atoms with Gasteiger partial charge in [0.2, 0.25) is 0 Å². The number of benzene rings is 2. The summed E-state index contributed by atoms with van der Waals surface area (Å²) in [5.41, 5.74) is 3.51. The van der Waals surface area contributed by atoms with Crippen molar-refractivity contribution < 1.29 is 18.7 Å². The number of ketones is 1. The van der Waals surface area contributed by atoms with Crippen molar-refractivity contribution in [2.75, 3.05) is 7.11 Å². The molecule has 6 nitrogen and oxygen atoms in total. The molecule has 4 rings (SSSR count). The third-order valence-corrected chi connectivity index (χ3v) is 5.40. The lowest BCUT2D eigenvalue weighted by atomic mass is 9.85. The van der Waals surface area contributed by atoms with Crippen molar-refractivity contribution in [2.24, 2.45) is 0 Å². The molecule has 0 saturated heterocycles. The van der Waals surface area contributed by atoms with Gasteiger partial charge in [-0.15, -0.1) is 0 Å². The second-order valence-electron chi connectivity index (χ2n) is 8.47. The fourth-order valence-corrected chi connectivity index (χ4v) is 3.86. The second kappa shape index (κ2) is 8.75. The van der Waals surface area contributed by atoms with Crippen LogP contribution in [-0.2, 0) is 13.0 Å². The lowest BCUT2D eigenvalue weighted by Crippen LogP contribution is -2.43. The SMILES string of the molecule is COc1ccc2c(c1)/C(=C/C(=O)c1cccc(C(=O)NCc3ccco3)c1)NC(C)(C)C2. The molecule has 1 aliphatic heterocycles. The maximum atomic E-state index is 13.1. The quantitative estimate of drug-likeness (QED) is 0.448. The Morgan fingerprint density at radius 2 is 1.94 bits per heavy atom. The van der Waals surface area contributed by atoms with Crippen molar-refractivity contribution in [3.63, 3.8) is 0 Å². The van der Waals surface area contributed by atoms with Crippen LogP contribution in [-0.4, -0.2) is 24.3 Å². The van der Waals surface area contributed by atoms with Crippen LogP contribution in [0.5, 0.6) is 5.75 Å². The molecule has 164 valence electrons. The monoisotopic (exact) mass is 430 g/mol. The van der Waals surface area contributed by atoms with E-state index in [1.165, 1.54) is 0 Å². The molecule has 0 unspecified atom stereocenters. The van der Waals surface area contributed by atoms with E-state index in [0.717, 1.165) is 29.0 Å². The zero-order chi connectivity index (χ0) is 22.7. The molecule has 0 bridgehead atoms. The van der Waals surface area contributed by atoms with Crippen molar-refractivity contribution in [3.8, 4) is 5.75 Å². The average Bonchev–Trinajstić information content (AvgIpc) is 3.30. The van der Waals surface area contributed by atoms with Crippen LogP contribution in [0, 0.1) is 0 Å². The number of methoxy groups -OCH3 is 1. The Balaban J connectivity index is 1.58. The summed E-state index contributed by atoms with van der Waals surface area (Å²) in [6.07, 6.45) is 3.99. The lowest BCUT2D eigenvalue weighted by Gasteiger charge is -2.35. The van der Waals surface area contributed by atoms with Gasteiger partial charge in [-0.1, -0.05) is 18.2 Å². The molecule has 0 saturated carbocycles. The number of nitrogens with one attached hydrogen (secondary N) is 2. The fraction of sp³-hybridized carbons (Fsp3) is 0.231. The van der Waals surface area contributed by atoms with Crippen molar-refractivity contribution in [3.05, 3.63) is 95.0 Å². The highest BCUT2D eigenvalue weighted by molar-refractivity contribution is 6.10. The van der Waals surface area contributed by atoms with E-state index in [4.69, 9.17) is 9.15 Å². The zero-order valence-corrected chi connectivity index (χ0v) is 18.4. The molecule has 0 fully saturated rings. The molecule has 1 aliphatic rings. The molecule has 1 amide bonds. The standard InChI is InChI=1S/C26H26N2O4/c1-26(2)15-19-9-10-20(31-3)13-22(19)23(28-26)14-24(29)17-6-4-7-18(12-17)25(30)27-16-21-8-5-11-32-21/h4-14,28H,15-16H2,1-3H3,(H,27,30)/b23-14-. The van der Waals surface area contributed by atoms with Crippen LogP contribution in [0.2, 0.25) is 0 Å². The van der Waals surface area contributed by atoms with E-state index >= 15 is 0 Å². The molecular formula is C26H26N2O4. The van der Waals surface area contributed by atoms with Crippen molar-refractivity contribution >= 4 is 17.4 Å². The van der Waals surface area contributed by atoms with Crippen LogP contribution < -0.4 is 15.4 Å². The Morgan fingerprint density at radius 1 is 1.12 bits per heavy atom. The van der Waals surface area contributed by atoms with E-state index in [2.05, 4.69) is 24.5 Å². The van der Waals surface area contributed by atoms with Gasteiger partial charge in [-0.2, -0.15) is 0 Å². The Bertz CT molecular complexity index is 1180. The Hall–Kier alpha value is -3.80. The van der Waals surface area contributed by atoms with Crippen LogP contribution in [0.3, 0.4) is 0 Å². The number of furan rings is 1. The number of carbonyl (C=O) groups excluding carboxylic acids is 2. The van der Waals surface area contributed by atoms with Gasteiger partial charge in [0.15, 0.2) is 5.78 Å². The van der Waals surface area contributed by atoms with Gasteiger partial charge in [-0.3, -0.25) is 9.59 Å². The molecule has 32 heavy (non-hydrogen) atoms. The minimum atomic E-state index is -0.268. The molecule has 0 atom stereocenters. The molecule has 0 spiro atoms. The minimum absolute atomic E-state index is 0.181. The van der Waals surface area contributed by atoms with Crippen LogP contribution in [0.15, 0.2) is 71.4 Å². The van der Waals surface area contributed by atoms with E-state index in [9.17, 15) is 9.59 Å². The summed E-state index contributed by atoms with van der Waals surface area (Å²) in [5.74, 6) is 0.949. The number of carbonyl (C=O) groups is 2. The highest BCUT2D eigenvalue weighted by Gasteiger charge is 2.28. The minimum Gasteiger partial charge on any atom is -0.497 e. The molecule has 6 heteroatoms. The molecule has 1 aromatic heterocycles. The molecule has 2 heterocycles. The number of ether oxygens (including phenoxy) is 1. The summed E-state index contributed by atoms with van der Waals surface area (Å²) < 4.78 is 10.6. The Labute approximate surface area is 187 Å². The van der Waals surface area contributed by atoms with E-state index in [1.807, 2.05) is 18.2 Å². The summed E-state index contributed by atoms with van der Waals surface area (Å²) in [6, 6.07) is 16.2. The summed E-state index contributed by atoms with van der Waals surface area (Å²) >= 11 is 0. The van der Waals surface area contributed by atoms with E-state index in [1.54, 1.807) is 55.8 Å². The summed E-state index contributed by atoms with van der Waals surface area (Å²) in [7, 11) is 1.62. The third-order valence-electron chi connectivity index (χ3n) is 5.40. The number of hydrogen-bond donors (Lipinski definition) is 2. The third kappa shape index (κ3) is 4.75. The molecule has 3 aromatic rings. The molecular weight excluding hydrogens is 404 g/mol. The maximum absolute atomic E-state index is 13.1. The van der Waals surface area contributed by atoms with Crippen LogP contribution in [0.1, 0.15) is 51.5 Å². The van der Waals surface area contributed by atoms with Gasteiger partial charge in [0, 0.05) is 34.0 Å². The van der Waals surface area contributed by atoms with Crippen LogP contribution >= 0.6 is 0 Å². The van der Waals surface area contributed by atoms with E-state index in [0.29, 0.717) is 16.9 Å². The van der Waals surface area contributed by atoms with Gasteiger partial charge in [-0.05, 0) is 62.2 Å². The van der Waals surface area contributed by atoms with Gasteiger partial charge in [0.1, 0.15) is 11.5 Å². The molecule has 2 N–H and O–H groups in total. The second-order valence-corrected chi connectivity index (χ2v) is 8.47. The van der Waals surface area contributed by atoms with Crippen molar-refractivity contribution in [1.29, 1.82) is 0 Å². The number of hydrogen-bond acceptors (Lipinski definition) is 5. The smallest absolute Gasteiger partial charge is 0.251 e. The predicted molar refractivity (Wildman–Crippen MR) is 123 cm³/mol. The van der Waals surface area contributed by atoms with E-state index in [-0.39, 0.29) is 23.8 Å². The van der Waals surface area contributed by atoms with Gasteiger partial charge < -0.3 is 19.8 Å². The number of rotatable bonds is 6. The van der Waals surface area contributed by atoms with Gasteiger partial charge in [-0.25, -0.2) is 0 Å². The fourth-order valence-electron chi connectivity index (χ4n) is 3.86. The lowest BCUT2D eigenvalue weighted by molar-refractivity contribution is 0.0948. The molecule has 2 aromatic carbocycles. The first-order valence-electron chi connectivity index (χ1n) is 10.5. The van der Waals surface area contributed by atoms with Crippen molar-refractivity contribution in [2.45, 2.75) is 32.4 Å². The van der Waals surface area contributed by atoms with Crippen LogP contribution in [0.25, 0.3) is 5.70 Å². The summed E-state index contributed by atoms with van der Waals surface area (Å²) in [4.78, 5) is 25.6.